The molecule has 0 amide bonds. The summed E-state index contributed by atoms with van der Waals surface area (Å²) < 4.78 is 32.7. The van der Waals surface area contributed by atoms with E-state index in [9.17, 15) is 18.3 Å². The Morgan fingerprint density at radius 3 is 2.48 bits per heavy atom. The van der Waals surface area contributed by atoms with Crippen LogP contribution in [-0.4, -0.2) is 54.5 Å². The van der Waals surface area contributed by atoms with Gasteiger partial charge in [-0.1, -0.05) is 6.07 Å². The zero-order chi connectivity index (χ0) is 21.3. The number of hydrogen-bond donors (Lipinski definition) is 2. The quantitative estimate of drug-likeness (QED) is 0.611. The van der Waals surface area contributed by atoms with Gasteiger partial charge in [-0.3, -0.25) is 0 Å². The number of carbonyl (C=O) groups is 1. The first kappa shape index (κ1) is 20.8. The Morgan fingerprint density at radius 2 is 1.90 bits per heavy atom. The molecule has 0 atom stereocenters. The second kappa shape index (κ2) is 7.84. The molecule has 3 aromatic rings. The molecule has 9 heteroatoms. The molecule has 154 valence electrons. The van der Waals surface area contributed by atoms with Crippen LogP contribution >= 0.6 is 0 Å². The number of aryl methyl sites for hydroxylation is 2. The fraction of sp³-hybridized carbons (Fsp3) is 0.300. The Kier molecular flexibility index (Phi) is 5.63. The minimum atomic E-state index is -3.71. The molecule has 29 heavy (non-hydrogen) atoms. The third kappa shape index (κ3) is 3.96. The molecule has 0 radical (unpaired) electrons. The monoisotopic (exact) mass is 417 g/mol. The zero-order valence-corrected chi connectivity index (χ0v) is 17.5. The third-order valence-electron chi connectivity index (χ3n) is 4.79. The van der Waals surface area contributed by atoms with Gasteiger partial charge in [0, 0.05) is 20.0 Å². The number of aromatic amines is 1. The van der Waals surface area contributed by atoms with Crippen molar-refractivity contribution in [3.05, 3.63) is 52.8 Å². The smallest absolute Gasteiger partial charge is 0.337 e. The minimum absolute atomic E-state index is 0.107. The molecule has 0 saturated heterocycles. The molecule has 0 fully saturated rings. The molecule has 0 bridgehead atoms. The van der Waals surface area contributed by atoms with Crippen LogP contribution in [0.4, 0.5) is 0 Å². The zero-order valence-electron chi connectivity index (χ0n) is 16.7. The summed E-state index contributed by atoms with van der Waals surface area (Å²) in [6, 6.07) is 8.25. The van der Waals surface area contributed by atoms with Gasteiger partial charge in [0.2, 0.25) is 10.0 Å². The van der Waals surface area contributed by atoms with Crippen molar-refractivity contribution in [3.8, 4) is 5.75 Å². The second-order valence-corrected chi connectivity index (χ2v) is 8.84. The number of hydrogen-bond acceptors (Lipinski definition) is 5. The summed E-state index contributed by atoms with van der Waals surface area (Å²) in [5.74, 6) is 0.0795. The number of fused-ring (bicyclic) bond motifs is 1. The first-order valence-electron chi connectivity index (χ1n) is 8.97. The van der Waals surface area contributed by atoms with Gasteiger partial charge in [0.1, 0.15) is 17.1 Å². The number of carboxylic acids is 1. The van der Waals surface area contributed by atoms with E-state index in [1.54, 1.807) is 38.1 Å². The summed E-state index contributed by atoms with van der Waals surface area (Å²) in [7, 11) is -0.648. The molecular formula is C20H23N3O5S. The molecule has 3 rings (SSSR count). The van der Waals surface area contributed by atoms with Crippen LogP contribution in [0.3, 0.4) is 0 Å². The lowest BCUT2D eigenvalue weighted by Gasteiger charge is -2.20. The first-order valence-corrected chi connectivity index (χ1v) is 10.4. The van der Waals surface area contributed by atoms with Crippen LogP contribution in [0.15, 0.2) is 35.2 Å². The van der Waals surface area contributed by atoms with Gasteiger partial charge >= 0.3 is 5.97 Å². The van der Waals surface area contributed by atoms with Crippen LogP contribution in [0.2, 0.25) is 0 Å². The number of nitrogens with one attached hydrogen (secondary N) is 1. The van der Waals surface area contributed by atoms with E-state index in [0.29, 0.717) is 40.2 Å². The number of imidazole rings is 1. The number of nitrogens with zero attached hydrogens (tertiary/aromatic N) is 2. The Bertz CT molecular complexity index is 1160. The van der Waals surface area contributed by atoms with Crippen LogP contribution in [0.5, 0.6) is 5.75 Å². The van der Waals surface area contributed by atoms with Crippen molar-refractivity contribution in [2.24, 2.45) is 0 Å². The van der Waals surface area contributed by atoms with Crippen molar-refractivity contribution >= 4 is 27.0 Å². The Morgan fingerprint density at radius 1 is 1.24 bits per heavy atom. The molecule has 0 unspecified atom stereocenters. The highest BCUT2D eigenvalue weighted by atomic mass is 32.2. The van der Waals surface area contributed by atoms with E-state index < -0.39 is 16.0 Å². The lowest BCUT2D eigenvalue weighted by Crippen LogP contribution is -2.30. The van der Waals surface area contributed by atoms with Gasteiger partial charge in [-0.25, -0.2) is 22.5 Å². The summed E-state index contributed by atoms with van der Waals surface area (Å²) in [6.45, 7) is 3.67. The average Bonchev–Trinajstić information content (AvgIpc) is 3.07. The minimum Gasteiger partial charge on any atom is -0.497 e. The van der Waals surface area contributed by atoms with Crippen LogP contribution in [0.1, 0.15) is 27.3 Å². The number of methoxy groups -OCH3 is 1. The van der Waals surface area contributed by atoms with Gasteiger partial charge in [-0.05, 0) is 49.2 Å². The predicted octanol–water partition coefficient (Wildman–Crippen LogP) is 2.75. The molecule has 1 heterocycles. The van der Waals surface area contributed by atoms with Crippen molar-refractivity contribution in [1.29, 1.82) is 0 Å². The summed E-state index contributed by atoms with van der Waals surface area (Å²) >= 11 is 0. The lowest BCUT2D eigenvalue weighted by atomic mass is 10.1. The van der Waals surface area contributed by atoms with E-state index >= 15 is 0 Å². The molecule has 1 aromatic heterocycles. The van der Waals surface area contributed by atoms with Crippen molar-refractivity contribution in [1.82, 2.24) is 14.3 Å². The van der Waals surface area contributed by atoms with E-state index in [-0.39, 0.29) is 17.0 Å². The van der Waals surface area contributed by atoms with Gasteiger partial charge in [-0.2, -0.15) is 0 Å². The fourth-order valence-electron chi connectivity index (χ4n) is 3.35. The van der Waals surface area contributed by atoms with Crippen LogP contribution in [-0.2, 0) is 16.4 Å². The van der Waals surface area contributed by atoms with Crippen LogP contribution in [0.25, 0.3) is 11.0 Å². The maximum absolute atomic E-state index is 13.1. The number of likely N-dealkylation sites (N-methyl/N-ethyl adjacent to an activating group) is 1. The number of sulfonamides is 1. The molecule has 0 aliphatic heterocycles. The van der Waals surface area contributed by atoms with E-state index in [0.717, 1.165) is 0 Å². The van der Waals surface area contributed by atoms with Crippen LogP contribution < -0.4 is 4.74 Å². The average molecular weight is 417 g/mol. The van der Waals surface area contributed by atoms with Crippen LogP contribution in [0, 0.1) is 13.8 Å². The predicted molar refractivity (Wildman–Crippen MR) is 109 cm³/mol. The van der Waals surface area contributed by atoms with Gasteiger partial charge in [0.05, 0.1) is 23.1 Å². The SMILES string of the molecule is COc1cc(C)c(S(=O)(=O)N(C)CCc2nc3c(C(=O)O)cccc3[nH]2)c(C)c1. The second-order valence-electron chi connectivity index (χ2n) is 6.86. The number of aromatic carboxylic acids is 1. The molecule has 2 N–H and O–H groups in total. The first-order chi connectivity index (χ1) is 13.6. The largest absolute Gasteiger partial charge is 0.497 e. The van der Waals surface area contributed by atoms with E-state index in [1.807, 2.05) is 0 Å². The molecule has 0 spiro atoms. The summed E-state index contributed by atoms with van der Waals surface area (Å²) in [5.41, 5.74) is 2.30. The van der Waals surface area contributed by atoms with Gasteiger partial charge in [0.15, 0.2) is 0 Å². The normalized spacial score (nSPS) is 11.9. The van der Waals surface area contributed by atoms with E-state index in [1.165, 1.54) is 24.5 Å². The van der Waals surface area contributed by atoms with E-state index in [2.05, 4.69) is 9.97 Å². The topological polar surface area (TPSA) is 113 Å². The Hall–Kier alpha value is -2.91. The maximum atomic E-state index is 13.1. The van der Waals surface area contributed by atoms with Crippen molar-refractivity contribution < 1.29 is 23.1 Å². The number of H-pyrrole nitrogens is 1. The number of rotatable bonds is 7. The molecule has 0 aliphatic rings. The highest BCUT2D eigenvalue weighted by molar-refractivity contribution is 7.89. The van der Waals surface area contributed by atoms with E-state index in [4.69, 9.17) is 4.74 Å². The molecule has 2 aromatic carbocycles. The van der Waals surface area contributed by atoms with Gasteiger partial charge in [0.25, 0.3) is 0 Å². The lowest BCUT2D eigenvalue weighted by molar-refractivity contribution is 0.0699. The van der Waals surface area contributed by atoms with Gasteiger partial charge in [-0.15, -0.1) is 0 Å². The van der Waals surface area contributed by atoms with Gasteiger partial charge < -0.3 is 14.8 Å². The summed E-state index contributed by atoms with van der Waals surface area (Å²) in [4.78, 5) is 19.0. The number of ether oxygens (including phenoxy) is 1. The van der Waals surface area contributed by atoms with Crippen molar-refractivity contribution in [3.63, 3.8) is 0 Å². The third-order valence-corrected chi connectivity index (χ3v) is 6.96. The Balaban J connectivity index is 1.84. The maximum Gasteiger partial charge on any atom is 0.337 e. The highest BCUT2D eigenvalue weighted by Gasteiger charge is 2.25. The molecular weight excluding hydrogens is 394 g/mol. The number of benzene rings is 2. The standard InChI is InChI=1S/C20H23N3O5S/c1-12-10-14(28-4)11-13(2)19(12)29(26,27)23(3)9-8-17-21-16-7-5-6-15(20(24)25)18(16)22-17/h5-7,10-11H,8-9H2,1-4H3,(H,21,22)(H,24,25). The van der Waals surface area contributed by atoms with Crippen molar-refractivity contribution in [2.45, 2.75) is 25.2 Å². The number of carboxylic acid groups (broad SMARTS) is 1. The molecule has 0 aliphatic carbocycles. The number of aromatic nitrogens is 2. The highest BCUT2D eigenvalue weighted by Crippen LogP contribution is 2.28. The molecule has 8 nitrogen and oxygen atoms in total. The summed E-state index contributed by atoms with van der Waals surface area (Å²) in [6.07, 6.45) is 0.317. The number of para-hydroxylation sites is 1. The van der Waals surface area contributed by atoms with Crippen molar-refractivity contribution in [2.75, 3.05) is 20.7 Å². The summed E-state index contributed by atoms with van der Waals surface area (Å²) in [5, 5.41) is 9.28. The molecule has 0 saturated carbocycles. The fourth-order valence-corrected chi connectivity index (χ4v) is 4.92. The Labute approximate surface area is 169 Å².